The van der Waals surface area contributed by atoms with Crippen LogP contribution in [0.4, 0.5) is 5.82 Å². The zero-order valence-electron chi connectivity index (χ0n) is 11.9. The molecule has 1 aliphatic rings. The minimum atomic E-state index is 0. The highest BCUT2D eigenvalue weighted by molar-refractivity contribution is 6.30. The van der Waals surface area contributed by atoms with Gasteiger partial charge < -0.3 is 10.6 Å². The second-order valence-corrected chi connectivity index (χ2v) is 5.23. The molecule has 3 rings (SSSR count). The Labute approximate surface area is 134 Å². The Morgan fingerprint density at radius 2 is 2.10 bits per heavy atom. The first-order valence-corrected chi connectivity index (χ1v) is 6.90. The van der Waals surface area contributed by atoms with Crippen molar-refractivity contribution in [2.45, 2.75) is 13.8 Å². The molecule has 2 N–H and O–H groups in total. The number of aryl methyl sites for hydroxylation is 2. The van der Waals surface area contributed by atoms with Crippen molar-refractivity contribution < 1.29 is 0 Å². The highest BCUT2D eigenvalue weighted by atomic mass is 35.5. The summed E-state index contributed by atoms with van der Waals surface area (Å²) in [6.45, 7) is 5.66. The third-order valence-corrected chi connectivity index (χ3v) is 3.37. The maximum absolute atomic E-state index is 6.01. The average molecular weight is 326 g/mol. The number of aliphatic imine (C=N–C) groups is 1. The summed E-state index contributed by atoms with van der Waals surface area (Å²) in [5, 5.41) is 11.7. The summed E-state index contributed by atoms with van der Waals surface area (Å²) in [6, 6.07) is 7.77. The topological polar surface area (TPSA) is 54.2 Å². The van der Waals surface area contributed by atoms with Crippen LogP contribution in [0.15, 0.2) is 29.3 Å². The van der Waals surface area contributed by atoms with Crippen LogP contribution in [0.5, 0.6) is 0 Å². The van der Waals surface area contributed by atoms with E-state index >= 15 is 0 Å². The molecule has 112 valence electrons. The fraction of sp³-hybridized carbons (Fsp3) is 0.286. The molecule has 5 nitrogen and oxygen atoms in total. The molecule has 0 amide bonds. The Balaban J connectivity index is 0.00000161. The summed E-state index contributed by atoms with van der Waals surface area (Å²) >= 11 is 6.01. The largest absolute Gasteiger partial charge is 0.354 e. The lowest BCUT2D eigenvalue weighted by Gasteiger charge is -2.12. The van der Waals surface area contributed by atoms with Gasteiger partial charge in [0.2, 0.25) is 0 Å². The van der Waals surface area contributed by atoms with Crippen molar-refractivity contribution in [3.05, 3.63) is 40.5 Å². The van der Waals surface area contributed by atoms with E-state index in [2.05, 4.69) is 20.7 Å². The van der Waals surface area contributed by atoms with E-state index in [-0.39, 0.29) is 12.4 Å². The highest BCUT2D eigenvalue weighted by Gasteiger charge is 2.13. The molecule has 0 bridgehead atoms. The number of benzene rings is 1. The van der Waals surface area contributed by atoms with E-state index in [9.17, 15) is 0 Å². The Morgan fingerprint density at radius 1 is 1.29 bits per heavy atom. The molecule has 0 spiro atoms. The quantitative estimate of drug-likeness (QED) is 0.892. The van der Waals surface area contributed by atoms with Crippen molar-refractivity contribution in [3.63, 3.8) is 0 Å². The SMILES string of the molecule is Cc1cc(NC2=NCCN2)n(-c2ccc(Cl)cc2C)n1.Cl. The number of aromatic nitrogens is 2. The molecule has 1 aromatic carbocycles. The lowest BCUT2D eigenvalue weighted by Crippen LogP contribution is -2.27. The number of guanidine groups is 1. The fourth-order valence-corrected chi connectivity index (χ4v) is 2.46. The van der Waals surface area contributed by atoms with Gasteiger partial charge in [-0.15, -0.1) is 12.4 Å². The summed E-state index contributed by atoms with van der Waals surface area (Å²) in [5.41, 5.74) is 3.02. The maximum Gasteiger partial charge on any atom is 0.197 e. The van der Waals surface area contributed by atoms with E-state index in [1.54, 1.807) is 0 Å². The summed E-state index contributed by atoms with van der Waals surface area (Å²) in [7, 11) is 0. The van der Waals surface area contributed by atoms with Gasteiger partial charge in [-0.3, -0.25) is 4.99 Å². The Morgan fingerprint density at radius 3 is 2.76 bits per heavy atom. The second kappa shape index (κ2) is 6.37. The minimum absolute atomic E-state index is 0. The second-order valence-electron chi connectivity index (χ2n) is 4.80. The van der Waals surface area contributed by atoms with Crippen LogP contribution in [-0.2, 0) is 0 Å². The number of rotatable bonds is 2. The monoisotopic (exact) mass is 325 g/mol. The van der Waals surface area contributed by atoms with Gasteiger partial charge in [-0.2, -0.15) is 5.10 Å². The molecule has 0 atom stereocenters. The van der Waals surface area contributed by atoms with E-state index in [1.165, 1.54) is 0 Å². The molecule has 2 heterocycles. The van der Waals surface area contributed by atoms with Gasteiger partial charge in [-0.05, 0) is 37.6 Å². The number of hydrogen-bond acceptors (Lipinski definition) is 4. The Kier molecular flexibility index (Phi) is 4.75. The van der Waals surface area contributed by atoms with Crippen molar-refractivity contribution in [2.24, 2.45) is 4.99 Å². The Bertz CT molecular complexity index is 678. The van der Waals surface area contributed by atoms with Gasteiger partial charge in [0.15, 0.2) is 5.96 Å². The third-order valence-electron chi connectivity index (χ3n) is 3.14. The first kappa shape index (κ1) is 15.7. The van der Waals surface area contributed by atoms with Crippen molar-refractivity contribution in [3.8, 4) is 5.69 Å². The summed E-state index contributed by atoms with van der Waals surface area (Å²) < 4.78 is 1.88. The highest BCUT2D eigenvalue weighted by Crippen LogP contribution is 2.23. The number of nitrogens with zero attached hydrogens (tertiary/aromatic N) is 3. The van der Waals surface area contributed by atoms with Crippen LogP contribution < -0.4 is 10.6 Å². The van der Waals surface area contributed by atoms with E-state index in [0.717, 1.165) is 46.8 Å². The van der Waals surface area contributed by atoms with Crippen molar-refractivity contribution in [1.82, 2.24) is 15.1 Å². The van der Waals surface area contributed by atoms with Gasteiger partial charge in [0, 0.05) is 17.6 Å². The van der Waals surface area contributed by atoms with Gasteiger partial charge in [0.1, 0.15) is 5.82 Å². The minimum Gasteiger partial charge on any atom is -0.354 e. The van der Waals surface area contributed by atoms with Crippen molar-refractivity contribution in [2.75, 3.05) is 18.4 Å². The Hall–Kier alpha value is -1.72. The maximum atomic E-state index is 6.01. The first-order valence-electron chi connectivity index (χ1n) is 6.52. The van der Waals surface area contributed by atoms with Crippen LogP contribution in [0, 0.1) is 13.8 Å². The van der Waals surface area contributed by atoms with Crippen LogP contribution in [0.2, 0.25) is 5.02 Å². The number of hydrogen-bond donors (Lipinski definition) is 2. The van der Waals surface area contributed by atoms with Gasteiger partial charge in [-0.25, -0.2) is 4.68 Å². The van der Waals surface area contributed by atoms with Gasteiger partial charge >= 0.3 is 0 Å². The molecule has 0 unspecified atom stereocenters. The smallest absolute Gasteiger partial charge is 0.197 e. The lowest BCUT2D eigenvalue weighted by molar-refractivity contribution is 0.862. The summed E-state index contributed by atoms with van der Waals surface area (Å²) in [4.78, 5) is 4.34. The van der Waals surface area contributed by atoms with Gasteiger partial charge in [0.25, 0.3) is 0 Å². The van der Waals surface area contributed by atoms with Crippen molar-refractivity contribution in [1.29, 1.82) is 0 Å². The van der Waals surface area contributed by atoms with E-state index in [0.29, 0.717) is 0 Å². The molecule has 0 aliphatic carbocycles. The molecule has 0 radical (unpaired) electrons. The number of halogens is 2. The van der Waals surface area contributed by atoms with Crippen LogP contribution in [0.1, 0.15) is 11.3 Å². The lowest BCUT2D eigenvalue weighted by atomic mass is 10.2. The molecule has 7 heteroatoms. The van der Waals surface area contributed by atoms with Crippen LogP contribution in [0.25, 0.3) is 5.69 Å². The van der Waals surface area contributed by atoms with Gasteiger partial charge in [0.05, 0.1) is 17.9 Å². The number of nitrogens with one attached hydrogen (secondary N) is 2. The molecule has 1 aromatic heterocycles. The molecular weight excluding hydrogens is 309 g/mol. The molecule has 0 saturated heterocycles. The van der Waals surface area contributed by atoms with Crippen LogP contribution >= 0.6 is 24.0 Å². The standard InChI is InChI=1S/C14H16ClN5.ClH/c1-9-7-11(15)3-4-12(9)20-13(8-10(2)19-20)18-14-16-5-6-17-14;/h3-4,7-8H,5-6H2,1-2H3,(H2,16,17,18);1H. The average Bonchev–Trinajstić information content (AvgIpc) is 3.00. The zero-order valence-corrected chi connectivity index (χ0v) is 13.4. The zero-order chi connectivity index (χ0) is 14.1. The predicted molar refractivity (Wildman–Crippen MR) is 89.2 cm³/mol. The third kappa shape index (κ3) is 3.31. The molecule has 2 aromatic rings. The van der Waals surface area contributed by atoms with E-state index in [4.69, 9.17) is 11.6 Å². The van der Waals surface area contributed by atoms with Crippen LogP contribution in [-0.4, -0.2) is 28.8 Å². The van der Waals surface area contributed by atoms with Crippen molar-refractivity contribution >= 4 is 35.8 Å². The van der Waals surface area contributed by atoms with Crippen LogP contribution in [0.3, 0.4) is 0 Å². The van der Waals surface area contributed by atoms with E-state index in [1.807, 2.05) is 42.8 Å². The first-order chi connectivity index (χ1) is 9.63. The molecule has 21 heavy (non-hydrogen) atoms. The molecule has 0 fully saturated rings. The van der Waals surface area contributed by atoms with Gasteiger partial charge in [-0.1, -0.05) is 11.6 Å². The number of anilines is 1. The molecule has 1 aliphatic heterocycles. The van der Waals surface area contributed by atoms with E-state index < -0.39 is 0 Å². The predicted octanol–water partition coefficient (Wildman–Crippen LogP) is 2.94. The molecule has 0 saturated carbocycles. The molecular formula is C14H17Cl2N5. The fourth-order valence-electron chi connectivity index (χ4n) is 2.23. The summed E-state index contributed by atoms with van der Waals surface area (Å²) in [6.07, 6.45) is 0. The summed E-state index contributed by atoms with van der Waals surface area (Å²) in [5.74, 6) is 1.68. The normalized spacial score (nSPS) is 13.4.